The molecule has 32 heavy (non-hydrogen) atoms. The van der Waals surface area contributed by atoms with Crippen LogP contribution in [-0.2, 0) is 9.59 Å². The van der Waals surface area contributed by atoms with Crippen LogP contribution in [0, 0.1) is 24.0 Å². The Hall–Kier alpha value is -4.53. The number of nitro groups is 1. The first-order valence-electron chi connectivity index (χ1n) is 9.68. The molecule has 4 amide bonds. The third-order valence-electron chi connectivity index (χ3n) is 5.18. The Bertz CT molecular complexity index is 1310. The second-order valence-electron chi connectivity index (χ2n) is 7.23. The highest BCUT2D eigenvalue weighted by atomic mass is 16.6. The minimum atomic E-state index is -0.814. The number of nitrogens with zero attached hydrogens (tertiary/aromatic N) is 3. The molecule has 0 atom stereocenters. The number of hydrogen-bond acceptors (Lipinski definition) is 5. The molecule has 0 aliphatic carbocycles. The lowest BCUT2D eigenvalue weighted by molar-refractivity contribution is -0.384. The van der Waals surface area contributed by atoms with Crippen LogP contribution in [-0.4, -0.2) is 27.3 Å². The van der Waals surface area contributed by atoms with Gasteiger partial charge in [0.2, 0.25) is 0 Å². The summed E-state index contributed by atoms with van der Waals surface area (Å²) in [4.78, 5) is 49.4. The zero-order valence-corrected chi connectivity index (χ0v) is 17.2. The highest BCUT2D eigenvalue weighted by Gasteiger charge is 2.37. The predicted octanol–water partition coefficient (Wildman–Crippen LogP) is 3.67. The monoisotopic (exact) mass is 430 g/mol. The molecular weight excluding hydrogens is 412 g/mol. The van der Waals surface area contributed by atoms with Crippen molar-refractivity contribution in [1.29, 1.82) is 0 Å². The number of amides is 4. The van der Waals surface area contributed by atoms with Gasteiger partial charge in [0.05, 0.1) is 16.3 Å². The van der Waals surface area contributed by atoms with Crippen LogP contribution in [0.1, 0.15) is 17.0 Å². The second kappa shape index (κ2) is 7.95. The van der Waals surface area contributed by atoms with Crippen molar-refractivity contribution in [2.24, 2.45) is 0 Å². The first-order valence-corrected chi connectivity index (χ1v) is 9.68. The lowest BCUT2D eigenvalue weighted by atomic mass is 10.1. The van der Waals surface area contributed by atoms with Crippen molar-refractivity contribution in [3.05, 3.63) is 93.3 Å². The van der Waals surface area contributed by atoms with Crippen molar-refractivity contribution in [3.8, 4) is 5.69 Å². The van der Waals surface area contributed by atoms with Crippen LogP contribution in [0.4, 0.5) is 16.2 Å². The third-order valence-corrected chi connectivity index (χ3v) is 5.18. The molecule has 3 aromatic rings. The number of hydrogen-bond donors (Lipinski definition) is 1. The second-order valence-corrected chi connectivity index (χ2v) is 7.23. The first kappa shape index (κ1) is 20.7. The SMILES string of the molecule is Cc1cc(C=C2C(=O)NC(=O)N(c3ccccc3)C2=O)c(C)n1-c1cccc([N+](=O)[O-])c1. The summed E-state index contributed by atoms with van der Waals surface area (Å²) in [5, 5.41) is 13.3. The van der Waals surface area contributed by atoms with E-state index < -0.39 is 22.8 Å². The molecule has 1 fully saturated rings. The maximum atomic E-state index is 13.0. The van der Waals surface area contributed by atoms with Crippen molar-refractivity contribution >= 4 is 35.3 Å². The summed E-state index contributed by atoms with van der Waals surface area (Å²) in [6, 6.07) is 15.4. The number of aromatic nitrogens is 1. The van der Waals surface area contributed by atoms with Crippen molar-refractivity contribution < 1.29 is 19.3 Å². The van der Waals surface area contributed by atoms with Crippen LogP contribution in [0.15, 0.2) is 66.2 Å². The maximum absolute atomic E-state index is 13.0. The molecule has 4 rings (SSSR count). The molecule has 1 saturated heterocycles. The number of carbonyl (C=O) groups is 3. The van der Waals surface area contributed by atoms with Crippen molar-refractivity contribution in [2.75, 3.05) is 4.90 Å². The Kier molecular flexibility index (Phi) is 5.15. The van der Waals surface area contributed by atoms with Gasteiger partial charge in [0.1, 0.15) is 5.57 Å². The largest absolute Gasteiger partial charge is 0.335 e. The Morgan fingerprint density at radius 3 is 2.31 bits per heavy atom. The summed E-state index contributed by atoms with van der Waals surface area (Å²) in [7, 11) is 0. The van der Waals surface area contributed by atoms with Crippen LogP contribution in [0.3, 0.4) is 0 Å². The third kappa shape index (κ3) is 3.56. The minimum absolute atomic E-state index is 0.0474. The van der Waals surface area contributed by atoms with Crippen LogP contribution < -0.4 is 10.2 Å². The van der Waals surface area contributed by atoms with Crippen molar-refractivity contribution in [2.45, 2.75) is 13.8 Å². The number of imide groups is 2. The Labute approximate surface area is 182 Å². The fourth-order valence-corrected chi connectivity index (χ4v) is 3.70. The predicted molar refractivity (Wildman–Crippen MR) is 117 cm³/mol. The molecule has 2 heterocycles. The average molecular weight is 430 g/mol. The fourth-order valence-electron chi connectivity index (χ4n) is 3.70. The molecule has 9 heteroatoms. The van der Waals surface area contributed by atoms with Gasteiger partial charge in [-0.05, 0) is 49.8 Å². The molecule has 160 valence electrons. The Morgan fingerprint density at radius 2 is 1.62 bits per heavy atom. The maximum Gasteiger partial charge on any atom is 0.335 e. The number of non-ortho nitro benzene ring substituents is 1. The zero-order chi connectivity index (χ0) is 23.0. The summed E-state index contributed by atoms with van der Waals surface area (Å²) < 4.78 is 1.80. The number of aryl methyl sites for hydroxylation is 1. The molecule has 0 unspecified atom stereocenters. The molecule has 0 saturated carbocycles. The van der Waals surface area contributed by atoms with Gasteiger partial charge < -0.3 is 4.57 Å². The van der Waals surface area contributed by atoms with Gasteiger partial charge in [-0.2, -0.15) is 0 Å². The fraction of sp³-hybridized carbons (Fsp3) is 0.0870. The van der Waals surface area contributed by atoms with E-state index in [0.29, 0.717) is 22.6 Å². The number of benzene rings is 2. The van der Waals surface area contributed by atoms with Crippen LogP contribution in [0.25, 0.3) is 11.8 Å². The molecule has 1 aliphatic heterocycles. The van der Waals surface area contributed by atoms with Gasteiger partial charge in [-0.15, -0.1) is 0 Å². The van der Waals surface area contributed by atoms with E-state index in [2.05, 4.69) is 5.32 Å². The van der Waals surface area contributed by atoms with Gasteiger partial charge in [-0.25, -0.2) is 9.69 Å². The number of para-hydroxylation sites is 1. The van der Waals surface area contributed by atoms with E-state index in [4.69, 9.17) is 0 Å². The van der Waals surface area contributed by atoms with Gasteiger partial charge in [-0.1, -0.05) is 24.3 Å². The molecule has 0 radical (unpaired) electrons. The summed E-state index contributed by atoms with van der Waals surface area (Å²) in [5.41, 5.74) is 2.71. The van der Waals surface area contributed by atoms with Gasteiger partial charge in [-0.3, -0.25) is 25.0 Å². The number of barbiturate groups is 1. The Balaban J connectivity index is 1.77. The molecule has 0 spiro atoms. The number of nitrogens with one attached hydrogen (secondary N) is 1. The van der Waals surface area contributed by atoms with Crippen LogP contribution in [0.5, 0.6) is 0 Å². The standard InChI is InChI=1S/C23H18N4O5/c1-14-11-16(15(2)25(14)18-9-6-10-19(13-18)27(31)32)12-20-21(28)24-23(30)26(22(20)29)17-7-4-3-5-8-17/h3-13H,1-2H3,(H,24,28,30). The van der Waals surface area contributed by atoms with Crippen LogP contribution in [0.2, 0.25) is 0 Å². The molecular formula is C23H18N4O5. The molecule has 1 aliphatic rings. The summed E-state index contributed by atoms with van der Waals surface area (Å²) in [6.07, 6.45) is 1.43. The van der Waals surface area contributed by atoms with E-state index in [1.807, 2.05) is 6.92 Å². The topological polar surface area (TPSA) is 115 Å². The van der Waals surface area contributed by atoms with Gasteiger partial charge in [0.25, 0.3) is 17.5 Å². The lowest BCUT2D eigenvalue weighted by Gasteiger charge is -2.26. The highest BCUT2D eigenvalue weighted by molar-refractivity contribution is 6.39. The molecule has 9 nitrogen and oxygen atoms in total. The number of rotatable bonds is 4. The average Bonchev–Trinajstić information content (AvgIpc) is 3.04. The van der Waals surface area contributed by atoms with E-state index in [-0.39, 0.29) is 11.3 Å². The quantitative estimate of drug-likeness (QED) is 0.294. The number of urea groups is 1. The van der Waals surface area contributed by atoms with Gasteiger partial charge >= 0.3 is 6.03 Å². The van der Waals surface area contributed by atoms with Crippen molar-refractivity contribution in [3.63, 3.8) is 0 Å². The number of carbonyl (C=O) groups excluding carboxylic acids is 3. The summed E-state index contributed by atoms with van der Waals surface area (Å²) >= 11 is 0. The first-order chi connectivity index (χ1) is 15.3. The number of nitro benzene ring substituents is 1. The summed E-state index contributed by atoms with van der Waals surface area (Å²) in [5.74, 6) is -1.52. The minimum Gasteiger partial charge on any atom is -0.318 e. The normalized spacial score (nSPS) is 15.2. The molecule has 1 aromatic heterocycles. The smallest absolute Gasteiger partial charge is 0.318 e. The molecule has 1 N–H and O–H groups in total. The van der Waals surface area contributed by atoms with E-state index in [1.165, 1.54) is 18.2 Å². The summed E-state index contributed by atoms with van der Waals surface area (Å²) in [6.45, 7) is 3.60. The van der Waals surface area contributed by atoms with Gasteiger partial charge in [0.15, 0.2) is 0 Å². The van der Waals surface area contributed by atoms with E-state index in [0.717, 1.165) is 10.6 Å². The van der Waals surface area contributed by atoms with Crippen molar-refractivity contribution in [1.82, 2.24) is 9.88 Å². The van der Waals surface area contributed by atoms with Crippen LogP contribution >= 0.6 is 0 Å². The Morgan fingerprint density at radius 1 is 0.938 bits per heavy atom. The van der Waals surface area contributed by atoms with E-state index >= 15 is 0 Å². The van der Waals surface area contributed by atoms with E-state index in [9.17, 15) is 24.5 Å². The highest BCUT2D eigenvalue weighted by Crippen LogP contribution is 2.27. The van der Waals surface area contributed by atoms with E-state index in [1.54, 1.807) is 60.0 Å². The molecule has 2 aromatic carbocycles. The molecule has 0 bridgehead atoms. The lowest BCUT2D eigenvalue weighted by Crippen LogP contribution is -2.54. The zero-order valence-electron chi connectivity index (χ0n) is 17.2. The number of anilines is 1. The van der Waals surface area contributed by atoms with Gasteiger partial charge in [0, 0.05) is 23.5 Å².